The molecule has 1 N–H and O–H groups in total. The number of carbonyl (C=O) groups excluding carboxylic acids is 1. The minimum absolute atomic E-state index is 0.0626. The van der Waals surface area contributed by atoms with Gasteiger partial charge in [0.15, 0.2) is 5.76 Å². The first-order valence-corrected chi connectivity index (χ1v) is 6.78. The Morgan fingerprint density at radius 3 is 2.91 bits per heavy atom. The summed E-state index contributed by atoms with van der Waals surface area (Å²) < 4.78 is 11.0. The van der Waals surface area contributed by atoms with E-state index in [1.54, 1.807) is 18.2 Å². The fraction of sp³-hybridized carbons (Fsp3) is 0.0556. The zero-order chi connectivity index (χ0) is 15.5. The summed E-state index contributed by atoms with van der Waals surface area (Å²) in [6.07, 6.45) is 3.32. The molecule has 0 unspecified atom stereocenters. The quantitative estimate of drug-likeness (QED) is 0.692. The van der Waals surface area contributed by atoms with Gasteiger partial charge in [-0.2, -0.15) is 0 Å². The lowest BCUT2D eigenvalue weighted by Crippen LogP contribution is -1.98. The number of rotatable bonds is 4. The zero-order valence-corrected chi connectivity index (χ0v) is 11.8. The highest BCUT2D eigenvalue weighted by molar-refractivity contribution is 6.14. The third-order valence-corrected chi connectivity index (χ3v) is 3.18. The van der Waals surface area contributed by atoms with Gasteiger partial charge in [-0.3, -0.25) is 4.79 Å². The molecule has 110 valence electrons. The first-order chi connectivity index (χ1) is 10.7. The molecule has 0 fully saturated rings. The second-order valence-electron chi connectivity index (χ2n) is 4.79. The van der Waals surface area contributed by atoms with Crippen molar-refractivity contribution in [2.24, 2.45) is 0 Å². The van der Waals surface area contributed by atoms with Crippen LogP contribution < -0.4 is 9.47 Å². The zero-order valence-electron chi connectivity index (χ0n) is 11.8. The Hall–Kier alpha value is -3.01. The summed E-state index contributed by atoms with van der Waals surface area (Å²) in [5, 5.41) is 9.44. The molecule has 0 bridgehead atoms. The lowest BCUT2D eigenvalue weighted by Gasteiger charge is -2.04. The van der Waals surface area contributed by atoms with Gasteiger partial charge in [-0.15, -0.1) is 0 Å². The lowest BCUT2D eigenvalue weighted by molar-refractivity contribution is 0.101. The highest BCUT2D eigenvalue weighted by Gasteiger charge is 2.27. The Morgan fingerprint density at radius 1 is 1.23 bits per heavy atom. The van der Waals surface area contributed by atoms with Gasteiger partial charge in [-0.05, 0) is 35.9 Å². The molecule has 0 amide bonds. The van der Waals surface area contributed by atoms with Crippen molar-refractivity contribution in [2.75, 3.05) is 6.61 Å². The van der Waals surface area contributed by atoms with Crippen LogP contribution in [-0.4, -0.2) is 17.5 Å². The summed E-state index contributed by atoms with van der Waals surface area (Å²) >= 11 is 0. The van der Waals surface area contributed by atoms with E-state index in [1.165, 1.54) is 12.1 Å². The predicted octanol–water partition coefficient (Wildman–Crippen LogP) is 3.57. The number of aromatic hydroxyl groups is 1. The van der Waals surface area contributed by atoms with Crippen molar-refractivity contribution in [3.8, 4) is 17.2 Å². The molecule has 0 saturated heterocycles. The van der Waals surface area contributed by atoms with Crippen LogP contribution in [0.4, 0.5) is 0 Å². The molecule has 4 heteroatoms. The third kappa shape index (κ3) is 2.72. The predicted molar refractivity (Wildman–Crippen MR) is 83.2 cm³/mol. The molecule has 1 heterocycles. The number of fused-ring (bicyclic) bond motifs is 1. The van der Waals surface area contributed by atoms with Gasteiger partial charge >= 0.3 is 0 Å². The number of allylic oxidation sites excluding steroid dienone is 1. The van der Waals surface area contributed by atoms with E-state index < -0.39 is 0 Å². The van der Waals surface area contributed by atoms with Gasteiger partial charge in [-0.25, -0.2) is 0 Å². The minimum atomic E-state index is -0.201. The van der Waals surface area contributed by atoms with E-state index in [4.69, 9.17) is 9.47 Å². The molecule has 3 rings (SSSR count). The number of carbonyl (C=O) groups is 1. The molecular formula is C18H14O4. The van der Waals surface area contributed by atoms with E-state index in [9.17, 15) is 9.90 Å². The fourth-order valence-corrected chi connectivity index (χ4v) is 2.18. The number of ketones is 1. The topological polar surface area (TPSA) is 55.8 Å². The van der Waals surface area contributed by atoms with Gasteiger partial charge in [0.25, 0.3) is 0 Å². The van der Waals surface area contributed by atoms with Crippen LogP contribution in [-0.2, 0) is 0 Å². The van der Waals surface area contributed by atoms with Gasteiger partial charge in [-0.1, -0.05) is 24.8 Å². The van der Waals surface area contributed by atoms with Crippen molar-refractivity contribution in [1.29, 1.82) is 0 Å². The van der Waals surface area contributed by atoms with E-state index in [0.717, 1.165) is 5.56 Å². The Bertz CT molecular complexity index is 774. The number of hydrogen-bond donors (Lipinski definition) is 1. The SMILES string of the molecule is C=CCOc1cccc(/C=C2/Oc3cc(O)ccc3C2=O)c1. The smallest absolute Gasteiger partial charge is 0.231 e. The normalized spacial score (nSPS) is 14.5. The number of phenolic OH excluding ortho intramolecular Hbond substituents is 1. The van der Waals surface area contributed by atoms with Crippen molar-refractivity contribution in [3.63, 3.8) is 0 Å². The van der Waals surface area contributed by atoms with E-state index in [2.05, 4.69) is 6.58 Å². The second kappa shape index (κ2) is 5.77. The molecule has 2 aromatic rings. The first kappa shape index (κ1) is 13.9. The highest BCUT2D eigenvalue weighted by Crippen LogP contribution is 2.34. The summed E-state index contributed by atoms with van der Waals surface area (Å²) in [5.74, 6) is 1.15. The molecule has 0 radical (unpaired) electrons. The summed E-state index contributed by atoms with van der Waals surface area (Å²) in [7, 11) is 0. The average molecular weight is 294 g/mol. The number of hydrogen-bond acceptors (Lipinski definition) is 4. The third-order valence-electron chi connectivity index (χ3n) is 3.18. The van der Waals surface area contributed by atoms with Crippen molar-refractivity contribution >= 4 is 11.9 Å². The second-order valence-corrected chi connectivity index (χ2v) is 4.79. The molecule has 2 aromatic carbocycles. The van der Waals surface area contributed by atoms with Crippen LogP contribution in [0.25, 0.3) is 6.08 Å². The Labute approximate surface area is 127 Å². The first-order valence-electron chi connectivity index (χ1n) is 6.78. The van der Waals surface area contributed by atoms with Gasteiger partial charge in [0.1, 0.15) is 23.9 Å². The van der Waals surface area contributed by atoms with Gasteiger partial charge in [0, 0.05) is 6.07 Å². The summed E-state index contributed by atoms with van der Waals surface area (Å²) in [4.78, 5) is 12.2. The van der Waals surface area contributed by atoms with Crippen LogP contribution in [0.2, 0.25) is 0 Å². The van der Waals surface area contributed by atoms with Crippen molar-refractivity contribution in [3.05, 3.63) is 72.0 Å². The summed E-state index contributed by atoms with van der Waals surface area (Å²) in [5.41, 5.74) is 1.24. The Morgan fingerprint density at radius 2 is 2.09 bits per heavy atom. The number of benzene rings is 2. The molecular weight excluding hydrogens is 280 g/mol. The number of phenols is 1. The molecule has 0 saturated carbocycles. The summed E-state index contributed by atoms with van der Waals surface area (Å²) in [6, 6.07) is 11.8. The molecule has 0 atom stereocenters. The molecule has 22 heavy (non-hydrogen) atoms. The van der Waals surface area contributed by atoms with E-state index in [0.29, 0.717) is 23.7 Å². The maximum absolute atomic E-state index is 12.2. The maximum Gasteiger partial charge on any atom is 0.231 e. The van der Waals surface area contributed by atoms with Crippen LogP contribution in [0.1, 0.15) is 15.9 Å². The molecule has 0 spiro atoms. The molecule has 0 aromatic heterocycles. The molecule has 1 aliphatic heterocycles. The largest absolute Gasteiger partial charge is 0.508 e. The van der Waals surface area contributed by atoms with E-state index in [1.807, 2.05) is 24.3 Å². The van der Waals surface area contributed by atoms with E-state index >= 15 is 0 Å². The monoisotopic (exact) mass is 294 g/mol. The van der Waals surface area contributed by atoms with Gasteiger partial charge in [0.2, 0.25) is 5.78 Å². The molecule has 0 aliphatic carbocycles. The number of ether oxygens (including phenoxy) is 2. The molecule has 1 aliphatic rings. The van der Waals surface area contributed by atoms with Gasteiger partial charge in [0.05, 0.1) is 5.56 Å². The molecule has 4 nitrogen and oxygen atoms in total. The van der Waals surface area contributed by atoms with Crippen LogP contribution >= 0.6 is 0 Å². The van der Waals surface area contributed by atoms with E-state index in [-0.39, 0.29) is 17.3 Å². The lowest BCUT2D eigenvalue weighted by atomic mass is 10.1. The van der Waals surface area contributed by atoms with Gasteiger partial charge < -0.3 is 14.6 Å². The standard InChI is InChI=1S/C18H14O4/c1-2-8-21-14-5-3-4-12(9-14)10-17-18(20)15-7-6-13(19)11-16(15)22-17/h2-7,9-11,19H,1,8H2/b17-10+. The van der Waals surface area contributed by atoms with Crippen molar-refractivity contribution in [2.45, 2.75) is 0 Å². The number of Topliss-reactive ketones (excluding diaryl/α,β-unsaturated/α-hetero) is 1. The Kier molecular flexibility index (Phi) is 3.66. The highest BCUT2D eigenvalue weighted by atomic mass is 16.5. The van der Waals surface area contributed by atoms with Crippen LogP contribution in [0, 0.1) is 0 Å². The summed E-state index contributed by atoms with van der Waals surface area (Å²) in [6.45, 7) is 4.02. The van der Waals surface area contributed by atoms with Crippen molar-refractivity contribution in [1.82, 2.24) is 0 Å². The Balaban J connectivity index is 1.88. The maximum atomic E-state index is 12.2. The minimum Gasteiger partial charge on any atom is -0.508 e. The van der Waals surface area contributed by atoms with Crippen molar-refractivity contribution < 1.29 is 19.4 Å². The van der Waals surface area contributed by atoms with Crippen LogP contribution in [0.3, 0.4) is 0 Å². The van der Waals surface area contributed by atoms with Crippen LogP contribution in [0.5, 0.6) is 17.2 Å². The van der Waals surface area contributed by atoms with Crippen LogP contribution in [0.15, 0.2) is 60.9 Å². The fourth-order valence-electron chi connectivity index (χ4n) is 2.18. The average Bonchev–Trinajstić information content (AvgIpc) is 2.81.